The number of aliphatic carboxylic acids is 1. The summed E-state index contributed by atoms with van der Waals surface area (Å²) in [6.07, 6.45) is 1.87. The van der Waals surface area contributed by atoms with E-state index in [4.69, 9.17) is 5.11 Å². The van der Waals surface area contributed by atoms with Crippen molar-refractivity contribution in [3.63, 3.8) is 0 Å². The van der Waals surface area contributed by atoms with Crippen molar-refractivity contribution < 1.29 is 9.90 Å². The van der Waals surface area contributed by atoms with E-state index < -0.39 is 5.97 Å². The van der Waals surface area contributed by atoms with Crippen molar-refractivity contribution in [1.82, 2.24) is 0 Å². The number of carbonyl (C=O) groups is 1. The molecule has 3 heteroatoms. The molecule has 0 saturated heterocycles. The summed E-state index contributed by atoms with van der Waals surface area (Å²) in [5.41, 5.74) is 2.44. The predicted octanol–water partition coefficient (Wildman–Crippen LogP) is 3.48. The number of hydrogen-bond acceptors (Lipinski definition) is 2. The summed E-state index contributed by atoms with van der Waals surface area (Å²) in [5, 5.41) is 11.8. The maximum Gasteiger partial charge on any atom is 0.303 e. The Morgan fingerprint density at radius 2 is 2.12 bits per heavy atom. The molecule has 0 heterocycles. The second kappa shape index (κ2) is 6.94. The van der Waals surface area contributed by atoms with Gasteiger partial charge in [-0.05, 0) is 36.5 Å². The number of carboxylic acid groups (broad SMARTS) is 1. The number of carboxylic acids is 1. The summed E-state index contributed by atoms with van der Waals surface area (Å²) in [6, 6.07) is 8.38. The second-order valence-electron chi connectivity index (χ2n) is 4.56. The minimum Gasteiger partial charge on any atom is -0.481 e. The van der Waals surface area contributed by atoms with Crippen LogP contribution in [0.15, 0.2) is 24.3 Å². The van der Waals surface area contributed by atoms with Crippen LogP contribution in [0.25, 0.3) is 0 Å². The Morgan fingerprint density at radius 1 is 1.35 bits per heavy atom. The molecule has 1 aromatic carbocycles. The monoisotopic (exact) mass is 235 g/mol. The van der Waals surface area contributed by atoms with Crippen molar-refractivity contribution in [3.8, 4) is 0 Å². The first-order valence-corrected chi connectivity index (χ1v) is 6.15. The lowest BCUT2D eigenvalue weighted by molar-refractivity contribution is -0.137. The van der Waals surface area contributed by atoms with Gasteiger partial charge < -0.3 is 10.4 Å². The summed E-state index contributed by atoms with van der Waals surface area (Å²) >= 11 is 0. The van der Waals surface area contributed by atoms with Crippen LogP contribution >= 0.6 is 0 Å². The van der Waals surface area contributed by atoms with Gasteiger partial charge in [-0.3, -0.25) is 4.79 Å². The molecule has 0 bridgehead atoms. The van der Waals surface area contributed by atoms with Crippen LogP contribution in [0.5, 0.6) is 0 Å². The van der Waals surface area contributed by atoms with Gasteiger partial charge in [-0.1, -0.05) is 26.0 Å². The maximum atomic E-state index is 10.3. The van der Waals surface area contributed by atoms with Gasteiger partial charge in [0.05, 0.1) is 0 Å². The molecule has 0 atom stereocenters. The van der Waals surface area contributed by atoms with E-state index >= 15 is 0 Å². The highest BCUT2D eigenvalue weighted by molar-refractivity contribution is 5.66. The molecule has 1 rings (SSSR count). The molecule has 0 fully saturated rings. The van der Waals surface area contributed by atoms with Gasteiger partial charge in [0.25, 0.3) is 0 Å². The minimum atomic E-state index is -0.716. The smallest absolute Gasteiger partial charge is 0.303 e. The summed E-state index contributed by atoms with van der Waals surface area (Å²) in [7, 11) is 0. The maximum absolute atomic E-state index is 10.3. The molecule has 94 valence electrons. The quantitative estimate of drug-likeness (QED) is 0.711. The summed E-state index contributed by atoms with van der Waals surface area (Å²) in [6.45, 7) is 5.17. The SMILES string of the molecule is CC(C)c1cccc(NCCCCC(=O)O)c1. The van der Waals surface area contributed by atoms with Crippen LogP contribution in [0, 0.1) is 0 Å². The van der Waals surface area contributed by atoms with Gasteiger partial charge in [0.15, 0.2) is 0 Å². The van der Waals surface area contributed by atoms with E-state index in [9.17, 15) is 4.79 Å². The third kappa shape index (κ3) is 5.38. The lowest BCUT2D eigenvalue weighted by Crippen LogP contribution is -2.03. The van der Waals surface area contributed by atoms with Crippen molar-refractivity contribution in [2.45, 2.75) is 39.0 Å². The summed E-state index contributed by atoms with van der Waals surface area (Å²) < 4.78 is 0. The zero-order valence-corrected chi connectivity index (χ0v) is 10.6. The van der Waals surface area contributed by atoms with Gasteiger partial charge in [-0.15, -0.1) is 0 Å². The fraction of sp³-hybridized carbons (Fsp3) is 0.500. The van der Waals surface area contributed by atoms with Gasteiger partial charge in [0.1, 0.15) is 0 Å². The Morgan fingerprint density at radius 3 is 2.76 bits per heavy atom. The van der Waals surface area contributed by atoms with Crippen molar-refractivity contribution >= 4 is 11.7 Å². The van der Waals surface area contributed by atoms with E-state index in [2.05, 4.69) is 37.4 Å². The van der Waals surface area contributed by atoms with Gasteiger partial charge >= 0.3 is 5.97 Å². The lowest BCUT2D eigenvalue weighted by Gasteiger charge is -2.10. The fourth-order valence-corrected chi connectivity index (χ4v) is 1.64. The normalized spacial score (nSPS) is 10.5. The number of nitrogens with one attached hydrogen (secondary N) is 1. The Balaban J connectivity index is 2.31. The van der Waals surface area contributed by atoms with Crippen LogP contribution in [-0.4, -0.2) is 17.6 Å². The highest BCUT2D eigenvalue weighted by atomic mass is 16.4. The molecular weight excluding hydrogens is 214 g/mol. The Kier molecular flexibility index (Phi) is 5.53. The van der Waals surface area contributed by atoms with E-state index in [0.717, 1.165) is 25.1 Å². The van der Waals surface area contributed by atoms with Crippen LogP contribution in [0.2, 0.25) is 0 Å². The van der Waals surface area contributed by atoms with Crippen LogP contribution in [0.1, 0.15) is 44.6 Å². The van der Waals surface area contributed by atoms with Crippen LogP contribution < -0.4 is 5.32 Å². The molecule has 0 saturated carbocycles. The van der Waals surface area contributed by atoms with Crippen molar-refractivity contribution in [3.05, 3.63) is 29.8 Å². The molecule has 3 nitrogen and oxygen atoms in total. The average molecular weight is 235 g/mol. The zero-order chi connectivity index (χ0) is 12.7. The first kappa shape index (κ1) is 13.6. The minimum absolute atomic E-state index is 0.258. The molecule has 1 aromatic rings. The zero-order valence-electron chi connectivity index (χ0n) is 10.6. The molecule has 0 radical (unpaired) electrons. The fourth-order valence-electron chi connectivity index (χ4n) is 1.64. The Labute approximate surface area is 103 Å². The average Bonchev–Trinajstić information content (AvgIpc) is 2.28. The van der Waals surface area contributed by atoms with Gasteiger partial charge in [-0.25, -0.2) is 0 Å². The topological polar surface area (TPSA) is 49.3 Å². The molecule has 0 aliphatic carbocycles. The van der Waals surface area contributed by atoms with E-state index in [1.807, 2.05) is 6.07 Å². The number of hydrogen-bond donors (Lipinski definition) is 2. The van der Waals surface area contributed by atoms with E-state index in [1.165, 1.54) is 5.56 Å². The molecule has 0 amide bonds. The van der Waals surface area contributed by atoms with Crippen molar-refractivity contribution in [2.75, 3.05) is 11.9 Å². The van der Waals surface area contributed by atoms with Gasteiger partial charge in [0, 0.05) is 18.7 Å². The molecule has 0 aliphatic heterocycles. The molecule has 0 spiro atoms. The van der Waals surface area contributed by atoms with Crippen molar-refractivity contribution in [2.24, 2.45) is 0 Å². The van der Waals surface area contributed by atoms with Crippen LogP contribution in [0.4, 0.5) is 5.69 Å². The second-order valence-corrected chi connectivity index (χ2v) is 4.56. The van der Waals surface area contributed by atoms with Crippen LogP contribution in [0.3, 0.4) is 0 Å². The highest BCUT2D eigenvalue weighted by Crippen LogP contribution is 2.18. The standard InChI is InChI=1S/C14H21NO2/c1-11(2)12-6-5-7-13(10-12)15-9-4-3-8-14(16)17/h5-7,10-11,15H,3-4,8-9H2,1-2H3,(H,16,17). The predicted molar refractivity (Wildman–Crippen MR) is 70.5 cm³/mol. The van der Waals surface area contributed by atoms with E-state index in [1.54, 1.807) is 0 Å². The first-order chi connectivity index (χ1) is 8.09. The van der Waals surface area contributed by atoms with E-state index in [0.29, 0.717) is 5.92 Å². The summed E-state index contributed by atoms with van der Waals surface area (Å²) in [4.78, 5) is 10.3. The molecule has 17 heavy (non-hydrogen) atoms. The Bertz CT molecular complexity index is 361. The molecule has 2 N–H and O–H groups in total. The third-order valence-corrected chi connectivity index (χ3v) is 2.70. The number of benzene rings is 1. The number of anilines is 1. The molecule has 0 unspecified atom stereocenters. The largest absolute Gasteiger partial charge is 0.481 e. The molecule has 0 aromatic heterocycles. The van der Waals surface area contributed by atoms with E-state index in [-0.39, 0.29) is 6.42 Å². The first-order valence-electron chi connectivity index (χ1n) is 6.15. The van der Waals surface area contributed by atoms with Gasteiger partial charge in [-0.2, -0.15) is 0 Å². The number of rotatable bonds is 7. The summed E-state index contributed by atoms with van der Waals surface area (Å²) in [5.74, 6) is -0.185. The highest BCUT2D eigenvalue weighted by Gasteiger charge is 2.00. The van der Waals surface area contributed by atoms with Crippen molar-refractivity contribution in [1.29, 1.82) is 0 Å². The lowest BCUT2D eigenvalue weighted by atomic mass is 10.0. The Hall–Kier alpha value is -1.51. The molecular formula is C14H21NO2. The van der Waals surface area contributed by atoms with Crippen LogP contribution in [-0.2, 0) is 4.79 Å². The number of unbranched alkanes of at least 4 members (excludes halogenated alkanes) is 1. The molecule has 0 aliphatic rings. The third-order valence-electron chi connectivity index (χ3n) is 2.70. The van der Waals surface area contributed by atoms with Gasteiger partial charge in [0.2, 0.25) is 0 Å².